The maximum absolute atomic E-state index is 13.2. The molecular weight excluding hydrogens is 408 g/mol. The van der Waals surface area contributed by atoms with Gasteiger partial charge in [-0.3, -0.25) is 14.6 Å². The van der Waals surface area contributed by atoms with Crippen LogP contribution in [0.3, 0.4) is 0 Å². The number of aryl methyl sites for hydroxylation is 1. The standard InChI is InChI=1S/C25H30N2O5/c1-3-31-21-7-5-4-6-18(21)15-22-24(30)23-17(2)14-20(29)19(25(23)32-22)16-27-10-8-26(9-11-27)12-13-28/h4-7,14-15,28-29H,3,8-13,16H2,1-2H3/b22-15-. The fraction of sp³-hybridized carbons (Fsp3) is 0.400. The van der Waals surface area contributed by atoms with Gasteiger partial charge in [0.25, 0.3) is 0 Å². The van der Waals surface area contributed by atoms with Crippen LogP contribution in [0.2, 0.25) is 0 Å². The molecule has 7 heteroatoms. The van der Waals surface area contributed by atoms with Gasteiger partial charge in [-0.15, -0.1) is 0 Å². The molecule has 0 aromatic heterocycles. The average Bonchev–Trinajstić information content (AvgIpc) is 3.10. The van der Waals surface area contributed by atoms with Gasteiger partial charge in [-0.2, -0.15) is 0 Å². The molecule has 170 valence electrons. The Morgan fingerprint density at radius 2 is 1.88 bits per heavy atom. The van der Waals surface area contributed by atoms with E-state index in [-0.39, 0.29) is 23.9 Å². The van der Waals surface area contributed by atoms with E-state index in [9.17, 15) is 9.90 Å². The molecule has 0 saturated carbocycles. The molecular formula is C25H30N2O5. The summed E-state index contributed by atoms with van der Waals surface area (Å²) in [6.45, 7) is 8.94. The number of carbonyl (C=O) groups excluding carboxylic acids is 1. The number of piperazine rings is 1. The Balaban J connectivity index is 1.61. The third kappa shape index (κ3) is 4.50. The highest BCUT2D eigenvalue weighted by atomic mass is 16.5. The van der Waals surface area contributed by atoms with Gasteiger partial charge in [-0.1, -0.05) is 18.2 Å². The summed E-state index contributed by atoms with van der Waals surface area (Å²) < 4.78 is 11.8. The minimum Gasteiger partial charge on any atom is -0.507 e. The highest BCUT2D eigenvalue weighted by Crippen LogP contribution is 2.42. The summed E-state index contributed by atoms with van der Waals surface area (Å²) in [5.41, 5.74) is 2.61. The Kier molecular flexibility index (Phi) is 6.79. The summed E-state index contributed by atoms with van der Waals surface area (Å²) in [6, 6.07) is 9.17. The number of fused-ring (bicyclic) bond motifs is 1. The van der Waals surface area contributed by atoms with Crippen molar-refractivity contribution in [2.24, 2.45) is 0 Å². The van der Waals surface area contributed by atoms with E-state index in [0.717, 1.165) is 31.7 Å². The van der Waals surface area contributed by atoms with Crippen molar-refractivity contribution in [2.45, 2.75) is 20.4 Å². The van der Waals surface area contributed by atoms with Crippen LogP contribution in [0, 0.1) is 6.92 Å². The lowest BCUT2D eigenvalue weighted by molar-refractivity contribution is 0.101. The molecule has 0 unspecified atom stereocenters. The summed E-state index contributed by atoms with van der Waals surface area (Å²) in [5.74, 6) is 1.33. The van der Waals surface area contributed by atoms with Gasteiger partial charge in [0.2, 0.25) is 5.78 Å². The second-order valence-electron chi connectivity index (χ2n) is 8.15. The van der Waals surface area contributed by atoms with E-state index in [2.05, 4.69) is 9.80 Å². The van der Waals surface area contributed by atoms with Crippen LogP contribution in [-0.2, 0) is 6.54 Å². The third-order valence-corrected chi connectivity index (χ3v) is 5.99. The van der Waals surface area contributed by atoms with E-state index in [4.69, 9.17) is 14.6 Å². The van der Waals surface area contributed by atoms with Crippen LogP contribution in [0.5, 0.6) is 17.2 Å². The number of benzene rings is 2. The fourth-order valence-electron chi connectivity index (χ4n) is 4.30. The number of hydrogen-bond acceptors (Lipinski definition) is 7. The zero-order valence-corrected chi connectivity index (χ0v) is 18.6. The lowest BCUT2D eigenvalue weighted by atomic mass is 9.99. The first-order valence-corrected chi connectivity index (χ1v) is 11.1. The molecule has 0 spiro atoms. The molecule has 2 N–H and O–H groups in total. The van der Waals surface area contributed by atoms with Crippen LogP contribution in [0.4, 0.5) is 0 Å². The molecule has 2 aromatic rings. The van der Waals surface area contributed by atoms with E-state index >= 15 is 0 Å². The van der Waals surface area contributed by atoms with Gasteiger partial charge >= 0.3 is 0 Å². The number of Topliss-reactive ketones (excluding diaryl/α,β-unsaturated/α-hetero) is 1. The SMILES string of the molecule is CCOc1ccccc1/C=C1\Oc2c(CN3CCN(CCO)CC3)c(O)cc(C)c2C1=O. The molecule has 2 aliphatic rings. The smallest absolute Gasteiger partial charge is 0.232 e. The number of β-amino-alcohol motifs (C(OH)–C–C–N with tert-alkyl or cyclic N) is 1. The van der Waals surface area contributed by atoms with E-state index in [1.54, 1.807) is 12.1 Å². The van der Waals surface area contributed by atoms with E-state index in [0.29, 0.717) is 47.9 Å². The van der Waals surface area contributed by atoms with Crippen LogP contribution < -0.4 is 9.47 Å². The Morgan fingerprint density at radius 1 is 1.16 bits per heavy atom. The average molecular weight is 439 g/mol. The highest BCUT2D eigenvalue weighted by Gasteiger charge is 2.34. The van der Waals surface area contributed by atoms with Crippen molar-refractivity contribution >= 4 is 11.9 Å². The topological polar surface area (TPSA) is 82.5 Å². The number of aliphatic hydroxyl groups is 1. The fourth-order valence-corrected chi connectivity index (χ4v) is 4.30. The zero-order chi connectivity index (χ0) is 22.7. The van der Waals surface area contributed by atoms with Gasteiger partial charge in [0.1, 0.15) is 17.2 Å². The molecule has 2 aliphatic heterocycles. The summed E-state index contributed by atoms with van der Waals surface area (Å²) in [5, 5.41) is 19.8. The summed E-state index contributed by atoms with van der Waals surface area (Å²) >= 11 is 0. The highest BCUT2D eigenvalue weighted by molar-refractivity contribution is 6.16. The van der Waals surface area contributed by atoms with Gasteiger partial charge in [0.05, 0.1) is 24.3 Å². The van der Waals surface area contributed by atoms with Crippen LogP contribution in [-0.4, -0.2) is 71.7 Å². The molecule has 0 amide bonds. The number of aliphatic hydroxyl groups excluding tert-OH is 1. The number of allylic oxidation sites excluding steroid dienone is 1. The van der Waals surface area contributed by atoms with Crippen molar-refractivity contribution in [1.29, 1.82) is 0 Å². The summed E-state index contributed by atoms with van der Waals surface area (Å²) in [6.07, 6.45) is 1.71. The number of phenols is 1. The minimum atomic E-state index is -0.183. The first kappa shape index (κ1) is 22.3. The van der Waals surface area contributed by atoms with Crippen molar-refractivity contribution in [1.82, 2.24) is 9.80 Å². The van der Waals surface area contributed by atoms with Gasteiger partial charge < -0.3 is 19.7 Å². The minimum absolute atomic E-state index is 0.141. The van der Waals surface area contributed by atoms with E-state index in [1.165, 1.54) is 0 Å². The lowest BCUT2D eigenvalue weighted by Crippen LogP contribution is -2.46. The van der Waals surface area contributed by atoms with E-state index in [1.807, 2.05) is 38.1 Å². The van der Waals surface area contributed by atoms with Crippen LogP contribution in [0.1, 0.15) is 34.0 Å². The molecule has 0 radical (unpaired) electrons. The molecule has 0 bridgehead atoms. The molecule has 1 fully saturated rings. The third-order valence-electron chi connectivity index (χ3n) is 5.99. The lowest BCUT2D eigenvalue weighted by Gasteiger charge is -2.34. The van der Waals surface area contributed by atoms with Crippen LogP contribution in [0.15, 0.2) is 36.1 Å². The Bertz CT molecular complexity index is 1030. The van der Waals surface area contributed by atoms with Crippen LogP contribution in [0.25, 0.3) is 6.08 Å². The second-order valence-corrected chi connectivity index (χ2v) is 8.15. The van der Waals surface area contributed by atoms with Crippen molar-refractivity contribution in [3.63, 3.8) is 0 Å². The van der Waals surface area contributed by atoms with Crippen molar-refractivity contribution in [3.05, 3.63) is 58.3 Å². The predicted octanol–water partition coefficient (Wildman–Crippen LogP) is 2.83. The molecule has 32 heavy (non-hydrogen) atoms. The largest absolute Gasteiger partial charge is 0.507 e. The molecule has 2 heterocycles. The number of aromatic hydroxyl groups is 1. The van der Waals surface area contributed by atoms with Crippen LogP contribution >= 0.6 is 0 Å². The van der Waals surface area contributed by atoms with Gasteiger partial charge in [-0.25, -0.2) is 0 Å². The Morgan fingerprint density at radius 3 is 2.59 bits per heavy atom. The zero-order valence-electron chi connectivity index (χ0n) is 18.6. The van der Waals surface area contributed by atoms with Crippen molar-refractivity contribution in [3.8, 4) is 17.2 Å². The molecule has 1 saturated heterocycles. The maximum atomic E-state index is 13.2. The number of carbonyl (C=O) groups is 1. The number of ketones is 1. The predicted molar refractivity (Wildman–Crippen MR) is 122 cm³/mol. The first-order chi connectivity index (χ1) is 15.5. The normalized spacial score (nSPS) is 18.1. The number of rotatable bonds is 7. The quantitative estimate of drug-likeness (QED) is 0.644. The van der Waals surface area contributed by atoms with Crippen molar-refractivity contribution in [2.75, 3.05) is 45.9 Å². The monoisotopic (exact) mass is 438 g/mol. The van der Waals surface area contributed by atoms with Crippen molar-refractivity contribution < 1.29 is 24.5 Å². The van der Waals surface area contributed by atoms with Gasteiger partial charge in [0, 0.05) is 44.8 Å². The number of para-hydroxylation sites is 1. The number of ether oxygens (including phenoxy) is 2. The summed E-state index contributed by atoms with van der Waals surface area (Å²) in [4.78, 5) is 17.7. The number of hydrogen-bond donors (Lipinski definition) is 2. The van der Waals surface area contributed by atoms with Gasteiger partial charge in [-0.05, 0) is 37.6 Å². The molecule has 0 atom stereocenters. The second kappa shape index (κ2) is 9.73. The Hall–Kier alpha value is -2.87. The first-order valence-electron chi connectivity index (χ1n) is 11.1. The molecule has 0 aliphatic carbocycles. The van der Waals surface area contributed by atoms with E-state index < -0.39 is 0 Å². The number of nitrogens with zero attached hydrogens (tertiary/aromatic N) is 2. The van der Waals surface area contributed by atoms with Gasteiger partial charge in [0.15, 0.2) is 5.76 Å². The molecule has 4 rings (SSSR count). The Labute approximate surface area is 188 Å². The maximum Gasteiger partial charge on any atom is 0.232 e. The molecule has 7 nitrogen and oxygen atoms in total. The molecule has 2 aromatic carbocycles. The number of phenolic OH excluding ortho intramolecular Hbond substituents is 1. The summed E-state index contributed by atoms with van der Waals surface area (Å²) in [7, 11) is 0.